The summed E-state index contributed by atoms with van der Waals surface area (Å²) in [4.78, 5) is 28.0. The van der Waals surface area contributed by atoms with E-state index in [-0.39, 0.29) is 18.0 Å². The van der Waals surface area contributed by atoms with Gasteiger partial charge in [0.05, 0.1) is 4.90 Å². The van der Waals surface area contributed by atoms with Gasteiger partial charge in [0.25, 0.3) is 5.91 Å². The first-order chi connectivity index (χ1) is 13.8. The Hall–Kier alpha value is -3.22. The summed E-state index contributed by atoms with van der Waals surface area (Å²) >= 11 is 0. The normalized spacial score (nSPS) is 17.6. The number of nitrogens with zero attached hydrogens (tertiary/aromatic N) is 3. The van der Waals surface area contributed by atoms with Crippen LogP contribution in [0.5, 0.6) is 11.6 Å². The Bertz CT molecular complexity index is 983. The molecular weight excluding hydrogens is 404 g/mol. The van der Waals surface area contributed by atoms with Crippen molar-refractivity contribution in [1.29, 1.82) is 0 Å². The van der Waals surface area contributed by atoms with E-state index < -0.39 is 34.6 Å². The molecule has 2 aromatic rings. The first-order valence-corrected chi connectivity index (χ1v) is 9.89. The van der Waals surface area contributed by atoms with Crippen molar-refractivity contribution < 1.29 is 33.1 Å². The second-order valence-corrected chi connectivity index (χ2v) is 7.97. The lowest BCUT2D eigenvalue weighted by molar-refractivity contribution is -0.134. The molecule has 11 nitrogen and oxygen atoms in total. The van der Waals surface area contributed by atoms with Gasteiger partial charge in [-0.15, -0.1) is 0 Å². The molecule has 0 spiro atoms. The first kappa shape index (κ1) is 20.5. The van der Waals surface area contributed by atoms with Crippen LogP contribution in [0.25, 0.3) is 0 Å². The minimum Gasteiger partial charge on any atom is -0.465 e. The van der Waals surface area contributed by atoms with Gasteiger partial charge in [-0.25, -0.2) is 23.7 Å². The van der Waals surface area contributed by atoms with Crippen LogP contribution in [0.15, 0.2) is 53.6 Å². The lowest BCUT2D eigenvalue weighted by atomic mass is 10.2. The molecule has 154 valence electrons. The standard InChI is InChI=1S/C17H18N4O7S/c22-16(19-25)14-11-20(17(23)24)9-10-21(14)29(26,27)13-6-4-12(5-7-13)28-15-3-1-2-8-18-15/h1-8,14,25H,9-11H2,(H,19,22)(H,23,24)/t14-/m1/s1. The summed E-state index contributed by atoms with van der Waals surface area (Å²) in [7, 11) is -4.13. The predicted molar refractivity (Wildman–Crippen MR) is 98.0 cm³/mol. The number of amides is 2. The van der Waals surface area contributed by atoms with Crippen molar-refractivity contribution in [3.63, 3.8) is 0 Å². The molecule has 3 N–H and O–H groups in total. The third-order valence-corrected chi connectivity index (χ3v) is 6.23. The van der Waals surface area contributed by atoms with Gasteiger partial charge in [0.1, 0.15) is 11.8 Å². The number of carbonyl (C=O) groups excluding carboxylic acids is 1. The topological polar surface area (TPSA) is 149 Å². The Morgan fingerprint density at radius 3 is 2.45 bits per heavy atom. The van der Waals surface area contributed by atoms with Crippen molar-refractivity contribution in [3.05, 3.63) is 48.7 Å². The fourth-order valence-corrected chi connectivity index (χ4v) is 4.43. The minimum atomic E-state index is -4.13. The summed E-state index contributed by atoms with van der Waals surface area (Å²) in [5.74, 6) is -0.315. The zero-order valence-electron chi connectivity index (χ0n) is 15.0. The van der Waals surface area contributed by atoms with E-state index >= 15 is 0 Å². The molecule has 12 heteroatoms. The molecule has 0 aliphatic carbocycles. The number of hydrogen-bond acceptors (Lipinski definition) is 7. The Morgan fingerprint density at radius 1 is 1.14 bits per heavy atom. The van der Waals surface area contributed by atoms with Crippen LogP contribution in [0.3, 0.4) is 0 Å². The number of nitrogens with one attached hydrogen (secondary N) is 1. The monoisotopic (exact) mass is 422 g/mol. The Morgan fingerprint density at radius 2 is 1.86 bits per heavy atom. The van der Waals surface area contributed by atoms with E-state index in [1.165, 1.54) is 29.7 Å². The third-order valence-electron chi connectivity index (χ3n) is 4.31. The Balaban J connectivity index is 1.83. The summed E-state index contributed by atoms with van der Waals surface area (Å²) < 4.78 is 32.4. The van der Waals surface area contributed by atoms with Crippen molar-refractivity contribution in [2.45, 2.75) is 10.9 Å². The number of hydroxylamine groups is 1. The van der Waals surface area contributed by atoms with Crippen LogP contribution in [0, 0.1) is 0 Å². The number of ether oxygens (including phenoxy) is 1. The fourth-order valence-electron chi connectivity index (χ4n) is 2.86. The van der Waals surface area contributed by atoms with Gasteiger partial charge in [0, 0.05) is 31.9 Å². The van der Waals surface area contributed by atoms with Gasteiger partial charge in [-0.2, -0.15) is 4.31 Å². The number of carboxylic acid groups (broad SMARTS) is 1. The van der Waals surface area contributed by atoms with E-state index in [4.69, 9.17) is 15.1 Å². The van der Waals surface area contributed by atoms with E-state index in [2.05, 4.69) is 4.98 Å². The van der Waals surface area contributed by atoms with Crippen LogP contribution < -0.4 is 10.2 Å². The SMILES string of the molecule is O=C(NO)[C@H]1CN(C(=O)O)CCN1S(=O)(=O)c1ccc(Oc2ccccn2)cc1. The zero-order valence-corrected chi connectivity index (χ0v) is 15.8. The molecule has 0 bridgehead atoms. The number of benzene rings is 1. The van der Waals surface area contributed by atoms with Gasteiger partial charge in [-0.3, -0.25) is 10.0 Å². The van der Waals surface area contributed by atoms with Gasteiger partial charge in [-0.05, 0) is 30.3 Å². The first-order valence-electron chi connectivity index (χ1n) is 8.45. The lowest BCUT2D eigenvalue weighted by Gasteiger charge is -2.37. The van der Waals surface area contributed by atoms with Crippen LogP contribution >= 0.6 is 0 Å². The average molecular weight is 422 g/mol. The van der Waals surface area contributed by atoms with Crippen molar-refractivity contribution in [3.8, 4) is 11.6 Å². The third kappa shape index (κ3) is 4.45. The van der Waals surface area contributed by atoms with Gasteiger partial charge < -0.3 is 14.7 Å². The number of sulfonamides is 1. The maximum Gasteiger partial charge on any atom is 0.407 e. The minimum absolute atomic E-state index is 0.106. The highest BCUT2D eigenvalue weighted by molar-refractivity contribution is 7.89. The maximum atomic E-state index is 13.0. The van der Waals surface area contributed by atoms with Crippen molar-refractivity contribution in [2.75, 3.05) is 19.6 Å². The van der Waals surface area contributed by atoms with E-state index in [1.54, 1.807) is 24.4 Å². The van der Waals surface area contributed by atoms with Crippen LogP contribution in [0.4, 0.5) is 4.79 Å². The van der Waals surface area contributed by atoms with Gasteiger partial charge >= 0.3 is 6.09 Å². The summed E-state index contributed by atoms with van der Waals surface area (Å²) in [6, 6.07) is 9.21. The molecule has 0 radical (unpaired) electrons. The molecule has 0 saturated carbocycles. The lowest BCUT2D eigenvalue weighted by Crippen LogP contribution is -2.61. The van der Waals surface area contributed by atoms with Crippen LogP contribution in [0.1, 0.15) is 0 Å². The molecule has 1 aromatic heterocycles. The Kier molecular flexibility index (Phi) is 5.96. The summed E-state index contributed by atoms with van der Waals surface area (Å²) in [5.41, 5.74) is 1.39. The zero-order chi connectivity index (χ0) is 21.0. The maximum absolute atomic E-state index is 13.0. The Labute approximate surface area is 166 Å². The van der Waals surface area contributed by atoms with Crippen LogP contribution in [-0.2, 0) is 14.8 Å². The second kappa shape index (κ2) is 8.43. The van der Waals surface area contributed by atoms with Crippen molar-refractivity contribution >= 4 is 22.0 Å². The second-order valence-electron chi connectivity index (χ2n) is 6.08. The highest BCUT2D eigenvalue weighted by atomic mass is 32.2. The van der Waals surface area contributed by atoms with Gasteiger partial charge in [0.15, 0.2) is 0 Å². The van der Waals surface area contributed by atoms with Crippen LogP contribution in [-0.4, -0.2) is 70.6 Å². The predicted octanol–water partition coefficient (Wildman–Crippen LogP) is 0.732. The van der Waals surface area contributed by atoms with Crippen molar-refractivity contribution in [1.82, 2.24) is 19.7 Å². The van der Waals surface area contributed by atoms with E-state index in [1.807, 2.05) is 0 Å². The fraction of sp³-hybridized carbons (Fsp3) is 0.235. The smallest absolute Gasteiger partial charge is 0.407 e. The number of hydrogen-bond donors (Lipinski definition) is 3. The molecule has 1 atom stereocenters. The molecule has 29 heavy (non-hydrogen) atoms. The van der Waals surface area contributed by atoms with Crippen molar-refractivity contribution in [2.24, 2.45) is 0 Å². The summed E-state index contributed by atoms with van der Waals surface area (Å²) in [6.45, 7) is -0.745. The van der Waals surface area contributed by atoms with E-state index in [9.17, 15) is 18.0 Å². The molecule has 1 fully saturated rings. The summed E-state index contributed by atoms with van der Waals surface area (Å²) in [5, 5.41) is 18.0. The average Bonchev–Trinajstić information content (AvgIpc) is 2.73. The quantitative estimate of drug-likeness (QED) is 0.472. The van der Waals surface area contributed by atoms with E-state index in [0.29, 0.717) is 11.6 Å². The largest absolute Gasteiger partial charge is 0.465 e. The molecule has 3 rings (SSSR count). The number of aromatic nitrogens is 1. The molecular formula is C17H18N4O7S. The van der Waals surface area contributed by atoms with E-state index in [0.717, 1.165) is 9.21 Å². The molecule has 1 aliphatic rings. The summed E-state index contributed by atoms with van der Waals surface area (Å²) in [6.07, 6.45) is 0.269. The molecule has 1 aromatic carbocycles. The molecule has 0 unspecified atom stereocenters. The highest BCUT2D eigenvalue weighted by Gasteiger charge is 2.41. The molecule has 2 heterocycles. The highest BCUT2D eigenvalue weighted by Crippen LogP contribution is 2.25. The van der Waals surface area contributed by atoms with Gasteiger partial charge in [0.2, 0.25) is 15.9 Å². The van der Waals surface area contributed by atoms with Gasteiger partial charge in [-0.1, -0.05) is 6.07 Å². The molecule has 2 amide bonds. The molecule has 1 saturated heterocycles. The number of rotatable bonds is 5. The van der Waals surface area contributed by atoms with Crippen LogP contribution in [0.2, 0.25) is 0 Å². The molecule has 1 aliphatic heterocycles. The number of pyridine rings is 1. The number of piperazine rings is 1. The number of carbonyl (C=O) groups is 2.